The fraction of sp³-hybridized carbons (Fsp3) is 0.750. The van der Waals surface area contributed by atoms with Crippen molar-refractivity contribution in [2.24, 2.45) is 12.5 Å². The van der Waals surface area contributed by atoms with Gasteiger partial charge in [-0.1, -0.05) is 0 Å². The number of carbonyl (C=O) groups is 1. The standard InChI is InChI=1S/C12H19N5O3S/c1-16-8-13-10(14-16)11(18)17-4-3-12(7-17)5-9(6-12)15-21(2,19)20/h8-9,15H,3-7H2,1-2H3. The zero-order valence-corrected chi connectivity index (χ0v) is 12.9. The molecule has 0 aromatic carbocycles. The van der Waals surface area contributed by atoms with E-state index in [1.54, 1.807) is 11.9 Å². The molecule has 1 saturated heterocycles. The Balaban J connectivity index is 1.58. The second-order valence-corrected chi connectivity index (χ2v) is 7.99. The van der Waals surface area contributed by atoms with Gasteiger partial charge in [0.25, 0.3) is 5.91 Å². The minimum absolute atomic E-state index is 0.00280. The van der Waals surface area contributed by atoms with E-state index < -0.39 is 10.0 Å². The lowest BCUT2D eigenvalue weighted by Gasteiger charge is -2.44. The molecule has 0 bridgehead atoms. The first-order valence-electron chi connectivity index (χ1n) is 6.89. The van der Waals surface area contributed by atoms with Crippen molar-refractivity contribution < 1.29 is 13.2 Å². The summed E-state index contributed by atoms with van der Waals surface area (Å²) in [5, 5.41) is 4.03. The summed E-state index contributed by atoms with van der Waals surface area (Å²) in [6.45, 7) is 1.34. The Morgan fingerprint density at radius 3 is 2.76 bits per heavy atom. The van der Waals surface area contributed by atoms with Gasteiger partial charge in [0.2, 0.25) is 15.8 Å². The number of hydrogen-bond acceptors (Lipinski definition) is 5. The molecule has 8 nitrogen and oxygen atoms in total. The van der Waals surface area contributed by atoms with Gasteiger partial charge in [0.1, 0.15) is 6.33 Å². The highest BCUT2D eigenvalue weighted by Crippen LogP contribution is 2.48. The summed E-state index contributed by atoms with van der Waals surface area (Å²) < 4.78 is 26.5. The van der Waals surface area contributed by atoms with E-state index in [1.807, 2.05) is 0 Å². The minimum atomic E-state index is -3.15. The van der Waals surface area contributed by atoms with Crippen LogP contribution in [0.25, 0.3) is 0 Å². The molecule has 2 fully saturated rings. The zero-order chi connectivity index (χ0) is 15.3. The minimum Gasteiger partial charge on any atom is -0.335 e. The number of hydrogen-bond donors (Lipinski definition) is 1. The van der Waals surface area contributed by atoms with Crippen LogP contribution in [0.2, 0.25) is 0 Å². The van der Waals surface area contributed by atoms with Crippen LogP contribution in [-0.2, 0) is 17.1 Å². The molecule has 116 valence electrons. The first kappa shape index (κ1) is 14.5. The van der Waals surface area contributed by atoms with Crippen LogP contribution < -0.4 is 4.72 Å². The number of amides is 1. The van der Waals surface area contributed by atoms with E-state index in [9.17, 15) is 13.2 Å². The van der Waals surface area contributed by atoms with Gasteiger partial charge in [0.15, 0.2) is 0 Å². The van der Waals surface area contributed by atoms with Crippen LogP contribution >= 0.6 is 0 Å². The molecule has 0 unspecified atom stereocenters. The fourth-order valence-corrected chi connectivity index (χ4v) is 4.16. The molecule has 1 aliphatic carbocycles. The highest BCUT2D eigenvalue weighted by Gasteiger charge is 2.50. The summed E-state index contributed by atoms with van der Waals surface area (Å²) in [6, 6.07) is 0.00280. The SMILES string of the molecule is Cn1cnc(C(=O)N2CCC3(CC(NS(C)(=O)=O)C3)C2)n1. The molecule has 2 aliphatic rings. The smallest absolute Gasteiger partial charge is 0.293 e. The van der Waals surface area contributed by atoms with E-state index in [-0.39, 0.29) is 23.2 Å². The van der Waals surface area contributed by atoms with Crippen molar-refractivity contribution in [1.29, 1.82) is 0 Å². The average Bonchev–Trinajstić information content (AvgIpc) is 2.92. The predicted molar refractivity (Wildman–Crippen MR) is 75.0 cm³/mol. The van der Waals surface area contributed by atoms with Crippen molar-refractivity contribution in [3.8, 4) is 0 Å². The van der Waals surface area contributed by atoms with Crippen molar-refractivity contribution in [1.82, 2.24) is 24.4 Å². The van der Waals surface area contributed by atoms with Crippen molar-refractivity contribution >= 4 is 15.9 Å². The predicted octanol–water partition coefficient (Wildman–Crippen LogP) is -0.641. The van der Waals surface area contributed by atoms with E-state index in [4.69, 9.17) is 0 Å². The van der Waals surface area contributed by atoms with Crippen LogP contribution in [0.1, 0.15) is 29.9 Å². The van der Waals surface area contributed by atoms with Crippen LogP contribution in [0, 0.1) is 5.41 Å². The molecule has 1 aromatic rings. The van der Waals surface area contributed by atoms with E-state index in [2.05, 4.69) is 14.8 Å². The molecule has 1 N–H and O–H groups in total. The number of nitrogens with one attached hydrogen (secondary N) is 1. The van der Waals surface area contributed by atoms with Crippen LogP contribution in [-0.4, -0.2) is 59.4 Å². The molecule has 1 saturated carbocycles. The average molecular weight is 313 g/mol. The molecule has 1 amide bonds. The number of aromatic nitrogens is 3. The van der Waals surface area contributed by atoms with Gasteiger partial charge in [-0.15, -0.1) is 5.10 Å². The van der Waals surface area contributed by atoms with Gasteiger partial charge in [-0.3, -0.25) is 9.48 Å². The summed E-state index contributed by atoms with van der Waals surface area (Å²) in [5.74, 6) is 0.0756. The second kappa shape index (κ2) is 4.77. The van der Waals surface area contributed by atoms with Gasteiger partial charge >= 0.3 is 0 Å². The third-order valence-electron chi connectivity index (χ3n) is 4.26. The Labute approximate surface area is 123 Å². The lowest BCUT2D eigenvalue weighted by molar-refractivity contribution is 0.0677. The topological polar surface area (TPSA) is 97.2 Å². The second-order valence-electron chi connectivity index (χ2n) is 6.21. The van der Waals surface area contributed by atoms with Gasteiger partial charge in [-0.25, -0.2) is 18.1 Å². The molecule has 1 aromatic heterocycles. The molecule has 0 radical (unpaired) electrons. The third-order valence-corrected chi connectivity index (χ3v) is 5.02. The Morgan fingerprint density at radius 1 is 1.48 bits per heavy atom. The van der Waals surface area contributed by atoms with Crippen molar-refractivity contribution in [3.05, 3.63) is 12.2 Å². The highest BCUT2D eigenvalue weighted by molar-refractivity contribution is 7.88. The van der Waals surface area contributed by atoms with Crippen molar-refractivity contribution in [2.45, 2.75) is 25.3 Å². The van der Waals surface area contributed by atoms with E-state index in [0.29, 0.717) is 13.1 Å². The molecule has 9 heteroatoms. The lowest BCUT2D eigenvalue weighted by Crippen LogP contribution is -2.51. The lowest BCUT2D eigenvalue weighted by atomic mass is 9.65. The van der Waals surface area contributed by atoms with Gasteiger partial charge in [-0.05, 0) is 24.7 Å². The fourth-order valence-electron chi connectivity index (χ4n) is 3.39. The Bertz CT molecular complexity index is 662. The van der Waals surface area contributed by atoms with Crippen molar-refractivity contribution in [3.63, 3.8) is 0 Å². The normalized spacial score (nSPS) is 28.9. The van der Waals surface area contributed by atoms with Crippen LogP contribution in [0.15, 0.2) is 6.33 Å². The molecule has 21 heavy (non-hydrogen) atoms. The summed E-state index contributed by atoms with van der Waals surface area (Å²) in [4.78, 5) is 18.0. The first-order chi connectivity index (χ1) is 9.76. The Morgan fingerprint density at radius 2 is 2.19 bits per heavy atom. The molecule has 1 aliphatic heterocycles. The van der Waals surface area contributed by atoms with Crippen LogP contribution in [0.3, 0.4) is 0 Å². The number of nitrogens with zero attached hydrogens (tertiary/aromatic N) is 4. The summed E-state index contributed by atoms with van der Waals surface area (Å²) >= 11 is 0. The number of rotatable bonds is 3. The molecule has 3 rings (SSSR count). The van der Waals surface area contributed by atoms with Crippen LogP contribution in [0.5, 0.6) is 0 Å². The van der Waals surface area contributed by atoms with Gasteiger partial charge in [0, 0.05) is 26.2 Å². The van der Waals surface area contributed by atoms with Crippen molar-refractivity contribution in [2.75, 3.05) is 19.3 Å². The number of aryl methyl sites for hydroxylation is 1. The first-order valence-corrected chi connectivity index (χ1v) is 8.78. The summed E-state index contributed by atoms with van der Waals surface area (Å²) in [5.41, 5.74) is 0.0623. The maximum atomic E-state index is 12.3. The monoisotopic (exact) mass is 313 g/mol. The zero-order valence-electron chi connectivity index (χ0n) is 12.1. The summed E-state index contributed by atoms with van der Waals surface area (Å²) in [7, 11) is -1.43. The summed E-state index contributed by atoms with van der Waals surface area (Å²) in [6.07, 6.45) is 5.18. The molecular formula is C12H19N5O3S. The van der Waals surface area contributed by atoms with E-state index in [0.717, 1.165) is 19.3 Å². The maximum Gasteiger partial charge on any atom is 0.293 e. The van der Waals surface area contributed by atoms with Gasteiger partial charge in [0.05, 0.1) is 6.26 Å². The van der Waals surface area contributed by atoms with E-state index >= 15 is 0 Å². The van der Waals surface area contributed by atoms with Gasteiger partial charge < -0.3 is 4.90 Å². The third kappa shape index (κ3) is 2.93. The van der Waals surface area contributed by atoms with E-state index in [1.165, 1.54) is 17.3 Å². The molecular weight excluding hydrogens is 294 g/mol. The van der Waals surface area contributed by atoms with Gasteiger partial charge in [-0.2, -0.15) is 0 Å². The Kier molecular flexibility index (Phi) is 3.28. The molecule has 2 heterocycles. The quantitative estimate of drug-likeness (QED) is 0.800. The number of likely N-dealkylation sites (tertiary alicyclic amines) is 1. The van der Waals surface area contributed by atoms with Crippen LogP contribution in [0.4, 0.5) is 0 Å². The highest BCUT2D eigenvalue weighted by atomic mass is 32.2. The Hall–Kier alpha value is -1.48. The molecule has 0 atom stereocenters. The largest absolute Gasteiger partial charge is 0.335 e. The molecule has 1 spiro atoms. The maximum absolute atomic E-state index is 12.3. The number of sulfonamides is 1. The number of carbonyl (C=O) groups excluding carboxylic acids is 1.